The minimum atomic E-state index is -0.201. The van der Waals surface area contributed by atoms with Crippen molar-refractivity contribution >= 4 is 35.2 Å². The molecule has 1 heterocycles. The van der Waals surface area contributed by atoms with Gasteiger partial charge in [0.2, 0.25) is 5.91 Å². The molecule has 0 atom stereocenters. The molecule has 104 valence electrons. The van der Waals surface area contributed by atoms with Crippen molar-refractivity contribution in [2.75, 3.05) is 6.54 Å². The summed E-state index contributed by atoms with van der Waals surface area (Å²) >= 11 is 12.0. The van der Waals surface area contributed by atoms with E-state index in [0.29, 0.717) is 28.6 Å². The van der Waals surface area contributed by atoms with Gasteiger partial charge in [-0.1, -0.05) is 29.3 Å². The summed E-state index contributed by atoms with van der Waals surface area (Å²) in [6.45, 7) is 0.507. The lowest BCUT2D eigenvalue weighted by molar-refractivity contribution is -0.116. The first-order chi connectivity index (χ1) is 9.66. The van der Waals surface area contributed by atoms with E-state index in [4.69, 9.17) is 23.2 Å². The number of hydrogen-bond acceptors (Lipinski definition) is 2. The highest BCUT2D eigenvalue weighted by molar-refractivity contribution is 6.37. The SMILES string of the molecule is O=C(/C=C/c1c(Cl)cccc1Cl)NCCc1ncc[nH]1. The minimum Gasteiger partial charge on any atom is -0.352 e. The molecule has 0 aliphatic heterocycles. The zero-order valence-corrected chi connectivity index (χ0v) is 12.1. The Morgan fingerprint density at radius 1 is 1.35 bits per heavy atom. The molecule has 4 nitrogen and oxygen atoms in total. The summed E-state index contributed by atoms with van der Waals surface area (Å²) in [5.41, 5.74) is 0.636. The number of H-pyrrole nitrogens is 1. The maximum atomic E-state index is 11.7. The van der Waals surface area contributed by atoms with Crippen LogP contribution in [0, 0.1) is 0 Å². The van der Waals surface area contributed by atoms with Gasteiger partial charge in [-0.2, -0.15) is 0 Å². The second-order valence-electron chi connectivity index (χ2n) is 4.05. The van der Waals surface area contributed by atoms with E-state index in [1.807, 2.05) is 0 Å². The number of aromatic amines is 1. The van der Waals surface area contributed by atoms with Crippen molar-refractivity contribution in [2.24, 2.45) is 0 Å². The van der Waals surface area contributed by atoms with Gasteiger partial charge in [0.1, 0.15) is 5.82 Å². The molecule has 0 saturated carbocycles. The Hall–Kier alpha value is -1.78. The van der Waals surface area contributed by atoms with E-state index in [1.165, 1.54) is 6.08 Å². The van der Waals surface area contributed by atoms with Gasteiger partial charge in [0.25, 0.3) is 0 Å². The molecule has 2 aromatic rings. The van der Waals surface area contributed by atoms with Crippen LogP contribution in [0.2, 0.25) is 10.0 Å². The van der Waals surface area contributed by atoms with Gasteiger partial charge in [-0.15, -0.1) is 0 Å². The number of rotatable bonds is 5. The number of imidazole rings is 1. The van der Waals surface area contributed by atoms with E-state index in [2.05, 4.69) is 15.3 Å². The summed E-state index contributed by atoms with van der Waals surface area (Å²) in [4.78, 5) is 18.7. The summed E-state index contributed by atoms with van der Waals surface area (Å²) < 4.78 is 0. The third-order valence-electron chi connectivity index (χ3n) is 2.62. The van der Waals surface area contributed by atoms with Crippen molar-refractivity contribution in [1.29, 1.82) is 0 Å². The molecular formula is C14H13Cl2N3O. The largest absolute Gasteiger partial charge is 0.352 e. The average Bonchev–Trinajstić information content (AvgIpc) is 2.91. The number of nitrogens with one attached hydrogen (secondary N) is 2. The molecule has 0 saturated heterocycles. The number of nitrogens with zero attached hydrogens (tertiary/aromatic N) is 1. The van der Waals surface area contributed by atoms with Crippen molar-refractivity contribution in [3.8, 4) is 0 Å². The Balaban J connectivity index is 1.86. The lowest BCUT2D eigenvalue weighted by Gasteiger charge is -2.02. The van der Waals surface area contributed by atoms with Crippen molar-refractivity contribution < 1.29 is 4.79 Å². The van der Waals surface area contributed by atoms with Crippen molar-refractivity contribution in [1.82, 2.24) is 15.3 Å². The molecule has 1 amide bonds. The van der Waals surface area contributed by atoms with Crippen LogP contribution in [0.1, 0.15) is 11.4 Å². The molecule has 6 heteroatoms. The minimum absolute atomic E-state index is 0.201. The predicted octanol–water partition coefficient (Wildman–Crippen LogP) is 3.09. The Labute approximate surface area is 126 Å². The van der Waals surface area contributed by atoms with Gasteiger partial charge in [0, 0.05) is 47.0 Å². The maximum absolute atomic E-state index is 11.7. The summed E-state index contributed by atoms with van der Waals surface area (Å²) in [7, 11) is 0. The normalized spacial score (nSPS) is 10.9. The van der Waals surface area contributed by atoms with Crippen LogP contribution in [-0.4, -0.2) is 22.4 Å². The molecule has 0 aliphatic carbocycles. The zero-order valence-electron chi connectivity index (χ0n) is 10.6. The molecule has 1 aromatic heterocycles. The highest BCUT2D eigenvalue weighted by atomic mass is 35.5. The van der Waals surface area contributed by atoms with Crippen molar-refractivity contribution in [2.45, 2.75) is 6.42 Å². The summed E-state index contributed by atoms with van der Waals surface area (Å²) in [6.07, 6.45) is 7.09. The van der Waals surface area contributed by atoms with E-state index in [-0.39, 0.29) is 5.91 Å². The standard InChI is InChI=1S/C14H13Cl2N3O/c15-11-2-1-3-12(16)10(11)4-5-14(20)19-7-6-13-17-8-9-18-13/h1-5,8-9H,6-7H2,(H,17,18)(H,19,20)/b5-4+. The molecule has 2 N–H and O–H groups in total. The van der Waals surface area contributed by atoms with Crippen LogP contribution in [0.3, 0.4) is 0 Å². The molecule has 0 unspecified atom stereocenters. The molecule has 2 rings (SSSR count). The Morgan fingerprint density at radius 3 is 2.75 bits per heavy atom. The summed E-state index contributed by atoms with van der Waals surface area (Å²) in [6, 6.07) is 5.20. The van der Waals surface area contributed by atoms with Crippen LogP contribution >= 0.6 is 23.2 Å². The molecule has 20 heavy (non-hydrogen) atoms. The number of carbonyl (C=O) groups is 1. The molecule has 0 aliphatic rings. The first kappa shape index (κ1) is 14.6. The van der Waals surface area contributed by atoms with Gasteiger partial charge in [0.15, 0.2) is 0 Å². The van der Waals surface area contributed by atoms with Gasteiger partial charge in [-0.05, 0) is 18.2 Å². The highest BCUT2D eigenvalue weighted by Crippen LogP contribution is 2.25. The van der Waals surface area contributed by atoms with Gasteiger partial charge < -0.3 is 10.3 Å². The van der Waals surface area contributed by atoms with Gasteiger partial charge in [-0.25, -0.2) is 4.98 Å². The molecule has 0 spiro atoms. The second kappa shape index (κ2) is 7.12. The molecular weight excluding hydrogens is 297 g/mol. The molecule has 0 bridgehead atoms. The number of hydrogen-bond donors (Lipinski definition) is 2. The first-order valence-corrected chi connectivity index (χ1v) is 6.80. The Morgan fingerprint density at radius 2 is 2.10 bits per heavy atom. The predicted molar refractivity (Wildman–Crippen MR) is 80.8 cm³/mol. The fraction of sp³-hybridized carbons (Fsp3) is 0.143. The smallest absolute Gasteiger partial charge is 0.244 e. The van der Waals surface area contributed by atoms with Crippen LogP contribution < -0.4 is 5.32 Å². The molecule has 0 radical (unpaired) electrons. The molecule has 1 aromatic carbocycles. The van der Waals surface area contributed by atoms with Gasteiger partial charge in [0.05, 0.1) is 0 Å². The first-order valence-electron chi connectivity index (χ1n) is 6.05. The zero-order chi connectivity index (χ0) is 14.4. The second-order valence-corrected chi connectivity index (χ2v) is 4.86. The fourth-order valence-corrected chi connectivity index (χ4v) is 2.15. The third-order valence-corrected chi connectivity index (χ3v) is 3.28. The quantitative estimate of drug-likeness (QED) is 0.834. The molecule has 0 fully saturated rings. The number of halogens is 2. The van der Waals surface area contributed by atoms with E-state index < -0.39 is 0 Å². The van der Waals surface area contributed by atoms with Crippen LogP contribution in [-0.2, 0) is 11.2 Å². The Bertz CT molecular complexity index is 589. The van der Waals surface area contributed by atoms with Crippen LogP contribution in [0.4, 0.5) is 0 Å². The lowest BCUT2D eigenvalue weighted by atomic mass is 10.2. The van der Waals surface area contributed by atoms with Crippen molar-refractivity contribution in [3.05, 3.63) is 58.1 Å². The van der Waals surface area contributed by atoms with Crippen LogP contribution in [0.15, 0.2) is 36.7 Å². The summed E-state index contributed by atoms with van der Waals surface area (Å²) in [5, 5.41) is 3.78. The van der Waals surface area contributed by atoms with E-state index >= 15 is 0 Å². The number of carbonyl (C=O) groups excluding carboxylic acids is 1. The van der Waals surface area contributed by atoms with E-state index in [0.717, 1.165) is 5.82 Å². The van der Waals surface area contributed by atoms with Crippen LogP contribution in [0.5, 0.6) is 0 Å². The summed E-state index contributed by atoms with van der Waals surface area (Å²) in [5.74, 6) is 0.635. The Kier molecular flexibility index (Phi) is 5.21. The fourth-order valence-electron chi connectivity index (χ4n) is 1.63. The van der Waals surface area contributed by atoms with Crippen LogP contribution in [0.25, 0.3) is 6.08 Å². The van der Waals surface area contributed by atoms with E-state index in [9.17, 15) is 4.79 Å². The highest BCUT2D eigenvalue weighted by Gasteiger charge is 2.02. The number of aromatic nitrogens is 2. The third kappa shape index (κ3) is 4.11. The van der Waals surface area contributed by atoms with Gasteiger partial charge >= 0.3 is 0 Å². The van der Waals surface area contributed by atoms with Crippen molar-refractivity contribution in [3.63, 3.8) is 0 Å². The lowest BCUT2D eigenvalue weighted by Crippen LogP contribution is -2.23. The average molecular weight is 310 g/mol. The maximum Gasteiger partial charge on any atom is 0.244 e. The topological polar surface area (TPSA) is 57.8 Å². The van der Waals surface area contributed by atoms with Gasteiger partial charge in [-0.3, -0.25) is 4.79 Å². The number of benzene rings is 1. The van der Waals surface area contributed by atoms with E-state index in [1.54, 1.807) is 36.7 Å². The number of amides is 1. The monoisotopic (exact) mass is 309 g/mol.